The summed E-state index contributed by atoms with van der Waals surface area (Å²) in [6, 6.07) is 1.56. The molecule has 1 N–H and O–H groups in total. The van der Waals surface area contributed by atoms with Gasteiger partial charge in [0.15, 0.2) is 17.5 Å². The predicted octanol–water partition coefficient (Wildman–Crippen LogP) is 2.10. The van der Waals surface area contributed by atoms with Crippen molar-refractivity contribution in [2.75, 3.05) is 31.5 Å². The molecule has 0 aromatic heterocycles. The van der Waals surface area contributed by atoms with Gasteiger partial charge in [-0.1, -0.05) is 6.92 Å². The number of benzene rings is 1. The van der Waals surface area contributed by atoms with Gasteiger partial charge in [-0.05, 0) is 31.4 Å². The van der Waals surface area contributed by atoms with Crippen molar-refractivity contribution in [3.8, 4) is 0 Å². The second kappa shape index (κ2) is 8.15. The maximum Gasteiger partial charge on any atom is 0.282 e. The minimum atomic E-state index is -3.80. The van der Waals surface area contributed by atoms with Crippen molar-refractivity contribution >= 4 is 21.8 Å². The van der Waals surface area contributed by atoms with E-state index in [1.165, 1.54) is 4.31 Å². The van der Waals surface area contributed by atoms with E-state index in [-0.39, 0.29) is 6.54 Å². The quantitative estimate of drug-likeness (QED) is 0.738. The topological polar surface area (TPSA) is 69.7 Å². The summed E-state index contributed by atoms with van der Waals surface area (Å²) in [7, 11) is -3.80. The molecule has 1 aliphatic rings. The number of carbonyl (C=O) groups is 1. The van der Waals surface area contributed by atoms with Crippen LogP contribution in [0.1, 0.15) is 26.2 Å². The van der Waals surface area contributed by atoms with Gasteiger partial charge >= 0.3 is 0 Å². The van der Waals surface area contributed by atoms with Crippen LogP contribution in [0.5, 0.6) is 0 Å². The zero-order valence-electron chi connectivity index (χ0n) is 13.8. The molecule has 0 radical (unpaired) electrons. The standard InChI is InChI=1S/C15H20F3N3O3S/c1-2-7-21(25(23,24)20-8-3-4-9-20)10-13(22)19-12-6-5-11(16)14(17)15(12)18/h5-6H,2-4,7-10H2,1H3,(H,19,22). The van der Waals surface area contributed by atoms with Gasteiger partial charge in [-0.2, -0.15) is 17.0 Å². The fourth-order valence-corrected chi connectivity index (χ4v) is 4.32. The first-order valence-electron chi connectivity index (χ1n) is 7.96. The predicted molar refractivity (Wildman–Crippen MR) is 86.5 cm³/mol. The van der Waals surface area contributed by atoms with Crippen LogP contribution in [0, 0.1) is 17.5 Å². The Morgan fingerprint density at radius 3 is 2.44 bits per heavy atom. The van der Waals surface area contributed by atoms with E-state index in [2.05, 4.69) is 5.32 Å². The molecule has 0 bridgehead atoms. The maximum absolute atomic E-state index is 13.6. The normalized spacial score (nSPS) is 15.7. The van der Waals surface area contributed by atoms with E-state index in [0.717, 1.165) is 23.2 Å². The second-order valence-electron chi connectivity index (χ2n) is 5.72. The van der Waals surface area contributed by atoms with Crippen LogP contribution in [0.2, 0.25) is 0 Å². The van der Waals surface area contributed by atoms with Gasteiger partial charge in [-0.3, -0.25) is 4.79 Å². The minimum absolute atomic E-state index is 0.118. The Bertz CT molecular complexity index is 737. The molecule has 2 rings (SSSR count). The molecule has 1 heterocycles. The van der Waals surface area contributed by atoms with Crippen LogP contribution in [-0.4, -0.2) is 49.1 Å². The second-order valence-corrected chi connectivity index (χ2v) is 7.65. The molecule has 10 heteroatoms. The van der Waals surface area contributed by atoms with Crippen LogP contribution in [0.3, 0.4) is 0 Å². The highest BCUT2D eigenvalue weighted by atomic mass is 32.2. The van der Waals surface area contributed by atoms with Crippen molar-refractivity contribution < 1.29 is 26.4 Å². The molecular weight excluding hydrogens is 359 g/mol. The lowest BCUT2D eigenvalue weighted by Crippen LogP contribution is -2.46. The molecule has 140 valence electrons. The first-order chi connectivity index (χ1) is 11.8. The highest BCUT2D eigenvalue weighted by Gasteiger charge is 2.32. The summed E-state index contributed by atoms with van der Waals surface area (Å²) in [5, 5.41) is 2.08. The lowest BCUT2D eigenvalue weighted by molar-refractivity contribution is -0.116. The van der Waals surface area contributed by atoms with Crippen LogP contribution in [0.15, 0.2) is 12.1 Å². The van der Waals surface area contributed by atoms with Crippen molar-refractivity contribution in [2.45, 2.75) is 26.2 Å². The third-order valence-corrected chi connectivity index (χ3v) is 5.80. The van der Waals surface area contributed by atoms with Gasteiger partial charge < -0.3 is 5.32 Å². The molecule has 1 aromatic rings. The van der Waals surface area contributed by atoms with Gasteiger partial charge in [0.25, 0.3) is 10.2 Å². The van der Waals surface area contributed by atoms with Crippen molar-refractivity contribution in [3.05, 3.63) is 29.6 Å². The summed E-state index contributed by atoms with van der Waals surface area (Å²) in [5.74, 6) is -5.44. The molecule has 25 heavy (non-hydrogen) atoms. The van der Waals surface area contributed by atoms with E-state index in [1.54, 1.807) is 6.92 Å². The molecular formula is C15H20F3N3O3S. The summed E-state index contributed by atoms with van der Waals surface area (Å²) in [4.78, 5) is 12.1. The Kier molecular flexibility index (Phi) is 6.42. The molecule has 1 saturated heterocycles. The van der Waals surface area contributed by atoms with Crippen LogP contribution >= 0.6 is 0 Å². The van der Waals surface area contributed by atoms with Crippen LogP contribution < -0.4 is 5.32 Å². The fraction of sp³-hybridized carbons (Fsp3) is 0.533. The highest BCUT2D eigenvalue weighted by Crippen LogP contribution is 2.20. The summed E-state index contributed by atoms with van der Waals surface area (Å²) >= 11 is 0. The largest absolute Gasteiger partial charge is 0.322 e. The summed E-state index contributed by atoms with van der Waals surface area (Å²) < 4.78 is 67.2. The van der Waals surface area contributed by atoms with E-state index in [1.807, 2.05) is 0 Å². The van der Waals surface area contributed by atoms with Gasteiger partial charge in [-0.25, -0.2) is 13.2 Å². The SMILES string of the molecule is CCCN(CC(=O)Nc1ccc(F)c(F)c1F)S(=O)(=O)N1CCCC1. The van der Waals surface area contributed by atoms with E-state index in [9.17, 15) is 26.4 Å². The highest BCUT2D eigenvalue weighted by molar-refractivity contribution is 7.86. The van der Waals surface area contributed by atoms with Gasteiger partial charge in [0.2, 0.25) is 5.91 Å². The van der Waals surface area contributed by atoms with Gasteiger partial charge in [0.05, 0.1) is 12.2 Å². The van der Waals surface area contributed by atoms with Crippen LogP contribution in [0.25, 0.3) is 0 Å². The first kappa shape index (κ1) is 19.7. The number of nitrogens with zero attached hydrogens (tertiary/aromatic N) is 2. The average Bonchev–Trinajstić information content (AvgIpc) is 3.10. The lowest BCUT2D eigenvalue weighted by atomic mass is 10.2. The summed E-state index contributed by atoms with van der Waals surface area (Å²) in [5.41, 5.74) is -0.543. The number of halogens is 3. The zero-order valence-corrected chi connectivity index (χ0v) is 14.6. The Hall–Kier alpha value is -1.65. The van der Waals surface area contributed by atoms with Crippen LogP contribution in [-0.2, 0) is 15.0 Å². The molecule has 0 saturated carbocycles. The van der Waals surface area contributed by atoms with Crippen molar-refractivity contribution in [2.24, 2.45) is 0 Å². The number of nitrogens with one attached hydrogen (secondary N) is 1. The van der Waals surface area contributed by atoms with Gasteiger partial charge in [0, 0.05) is 19.6 Å². The fourth-order valence-electron chi connectivity index (χ4n) is 2.58. The van der Waals surface area contributed by atoms with Gasteiger partial charge in [-0.15, -0.1) is 0 Å². The molecule has 0 aliphatic carbocycles. The maximum atomic E-state index is 13.6. The number of amides is 1. The number of hydrogen-bond acceptors (Lipinski definition) is 3. The lowest BCUT2D eigenvalue weighted by Gasteiger charge is -2.26. The number of hydrogen-bond donors (Lipinski definition) is 1. The summed E-state index contributed by atoms with van der Waals surface area (Å²) in [6.07, 6.45) is 2.00. The number of anilines is 1. The Morgan fingerprint density at radius 1 is 1.20 bits per heavy atom. The van der Waals surface area contributed by atoms with E-state index in [0.29, 0.717) is 25.6 Å². The molecule has 0 atom stereocenters. The first-order valence-corrected chi connectivity index (χ1v) is 9.35. The molecule has 1 amide bonds. The minimum Gasteiger partial charge on any atom is -0.322 e. The average molecular weight is 379 g/mol. The van der Waals surface area contributed by atoms with E-state index >= 15 is 0 Å². The van der Waals surface area contributed by atoms with Crippen LogP contribution in [0.4, 0.5) is 18.9 Å². The van der Waals surface area contributed by atoms with Gasteiger partial charge in [0.1, 0.15) is 0 Å². The van der Waals surface area contributed by atoms with E-state index in [4.69, 9.17) is 0 Å². The molecule has 0 spiro atoms. The Balaban J connectivity index is 2.11. The van der Waals surface area contributed by atoms with Crippen molar-refractivity contribution in [1.82, 2.24) is 8.61 Å². The van der Waals surface area contributed by atoms with Crippen molar-refractivity contribution in [1.29, 1.82) is 0 Å². The molecule has 1 aliphatic heterocycles. The zero-order chi connectivity index (χ0) is 18.6. The monoisotopic (exact) mass is 379 g/mol. The Morgan fingerprint density at radius 2 is 1.84 bits per heavy atom. The smallest absolute Gasteiger partial charge is 0.282 e. The Labute approximate surface area is 144 Å². The van der Waals surface area contributed by atoms with E-state index < -0.39 is 45.8 Å². The summed E-state index contributed by atoms with van der Waals surface area (Å²) in [6.45, 7) is 2.13. The molecule has 6 nitrogen and oxygen atoms in total. The number of rotatable bonds is 7. The molecule has 0 unspecified atom stereocenters. The third-order valence-electron chi connectivity index (χ3n) is 3.82. The van der Waals surface area contributed by atoms with Crippen molar-refractivity contribution in [3.63, 3.8) is 0 Å². The molecule has 1 fully saturated rings. The molecule has 1 aromatic carbocycles. The third kappa shape index (κ3) is 4.50. The number of carbonyl (C=O) groups excluding carboxylic acids is 1.